The van der Waals surface area contributed by atoms with Crippen LogP contribution in [0.5, 0.6) is 0 Å². The predicted molar refractivity (Wildman–Crippen MR) is 63.6 cm³/mol. The number of allylic oxidation sites excluding steroid dienone is 1. The van der Waals surface area contributed by atoms with Gasteiger partial charge in [0.2, 0.25) is 0 Å². The van der Waals surface area contributed by atoms with Crippen molar-refractivity contribution >= 4 is 0 Å². The number of fused-ring (bicyclic) bond motifs is 2. The first-order chi connectivity index (χ1) is 6.91. The molecule has 86 valence electrons. The maximum atomic E-state index is 9.13. The van der Waals surface area contributed by atoms with Crippen LogP contribution in [0.4, 0.5) is 0 Å². The van der Waals surface area contributed by atoms with E-state index >= 15 is 0 Å². The number of aliphatic hydroxyl groups excluding tert-OH is 1. The van der Waals surface area contributed by atoms with Crippen molar-refractivity contribution in [1.29, 1.82) is 0 Å². The van der Waals surface area contributed by atoms with Gasteiger partial charge in [0.25, 0.3) is 0 Å². The van der Waals surface area contributed by atoms with Gasteiger partial charge in [-0.25, -0.2) is 0 Å². The number of aliphatic hydroxyl groups is 1. The lowest BCUT2D eigenvalue weighted by Gasteiger charge is -2.36. The van der Waals surface area contributed by atoms with Gasteiger partial charge in [0.1, 0.15) is 0 Å². The fourth-order valence-corrected chi connectivity index (χ4v) is 3.67. The Morgan fingerprint density at radius 1 is 1.47 bits per heavy atom. The van der Waals surface area contributed by atoms with Crippen molar-refractivity contribution in [2.75, 3.05) is 6.61 Å². The van der Waals surface area contributed by atoms with Crippen molar-refractivity contribution in [2.45, 2.75) is 47.0 Å². The summed E-state index contributed by atoms with van der Waals surface area (Å²) >= 11 is 0. The van der Waals surface area contributed by atoms with Crippen LogP contribution in [0.3, 0.4) is 0 Å². The Hall–Kier alpha value is -0.300. The van der Waals surface area contributed by atoms with Gasteiger partial charge in [-0.15, -0.1) is 0 Å². The topological polar surface area (TPSA) is 20.2 Å². The molecule has 0 spiro atoms. The van der Waals surface area contributed by atoms with Crippen molar-refractivity contribution in [3.05, 3.63) is 11.6 Å². The van der Waals surface area contributed by atoms with E-state index in [4.69, 9.17) is 5.11 Å². The number of rotatable bonds is 2. The summed E-state index contributed by atoms with van der Waals surface area (Å²) in [6.45, 7) is 9.67. The zero-order chi connectivity index (χ0) is 11.3. The summed E-state index contributed by atoms with van der Waals surface area (Å²) in [7, 11) is 0. The molecule has 1 nitrogen and oxygen atoms in total. The number of hydrogen-bond donors (Lipinski definition) is 1. The Morgan fingerprint density at radius 3 is 2.53 bits per heavy atom. The number of hydrogen-bond acceptors (Lipinski definition) is 1. The average molecular weight is 208 g/mol. The van der Waals surface area contributed by atoms with Crippen LogP contribution >= 0.6 is 0 Å². The lowest BCUT2D eigenvalue weighted by molar-refractivity contribution is 0.178. The smallest absolute Gasteiger partial charge is 0.0491 e. The van der Waals surface area contributed by atoms with Gasteiger partial charge in [-0.3, -0.25) is 0 Å². The van der Waals surface area contributed by atoms with E-state index in [-0.39, 0.29) is 6.61 Å². The molecule has 0 amide bonds. The van der Waals surface area contributed by atoms with E-state index in [0.717, 1.165) is 5.92 Å². The minimum Gasteiger partial charge on any atom is -0.396 e. The minimum atomic E-state index is 0.282. The molecule has 2 bridgehead atoms. The first-order valence-electron chi connectivity index (χ1n) is 6.24. The molecule has 0 aromatic rings. The summed E-state index contributed by atoms with van der Waals surface area (Å²) in [5, 5.41) is 9.13. The Bertz CT molecular complexity index is 290. The van der Waals surface area contributed by atoms with Crippen LogP contribution in [-0.2, 0) is 0 Å². The third kappa shape index (κ3) is 1.39. The Morgan fingerprint density at radius 2 is 2.13 bits per heavy atom. The fraction of sp³-hybridized carbons (Fsp3) is 0.857. The molecule has 3 unspecified atom stereocenters. The van der Waals surface area contributed by atoms with E-state index in [1.807, 2.05) is 0 Å². The predicted octanol–water partition coefficient (Wildman–Crippen LogP) is 3.39. The van der Waals surface area contributed by atoms with Crippen molar-refractivity contribution in [3.63, 3.8) is 0 Å². The summed E-state index contributed by atoms with van der Waals surface area (Å²) < 4.78 is 0. The first kappa shape index (κ1) is 11.2. The molecular formula is C14H24O. The van der Waals surface area contributed by atoms with Gasteiger partial charge in [-0.1, -0.05) is 39.3 Å². The highest BCUT2D eigenvalue weighted by Crippen LogP contribution is 2.67. The Labute approximate surface area is 93.6 Å². The van der Waals surface area contributed by atoms with E-state index in [2.05, 4.69) is 33.8 Å². The molecule has 2 saturated carbocycles. The van der Waals surface area contributed by atoms with E-state index in [1.54, 1.807) is 5.57 Å². The molecule has 0 aromatic carbocycles. The van der Waals surface area contributed by atoms with Crippen LogP contribution in [0, 0.1) is 22.7 Å². The van der Waals surface area contributed by atoms with Gasteiger partial charge in [0.15, 0.2) is 0 Å². The quantitative estimate of drug-likeness (QED) is 0.690. The summed E-state index contributed by atoms with van der Waals surface area (Å²) in [5.41, 5.74) is 2.49. The summed E-state index contributed by atoms with van der Waals surface area (Å²) in [6.07, 6.45) is 6.34. The normalized spacial score (nSPS) is 42.5. The lowest BCUT2D eigenvalue weighted by atomic mass is 9.69. The third-order valence-electron chi connectivity index (χ3n) is 5.38. The van der Waals surface area contributed by atoms with Crippen LogP contribution < -0.4 is 0 Å². The molecule has 0 saturated heterocycles. The monoisotopic (exact) mass is 208 g/mol. The van der Waals surface area contributed by atoms with Crippen molar-refractivity contribution < 1.29 is 5.11 Å². The van der Waals surface area contributed by atoms with Gasteiger partial charge in [0, 0.05) is 6.61 Å². The molecule has 0 aromatic heterocycles. The van der Waals surface area contributed by atoms with E-state index in [1.165, 1.54) is 19.3 Å². The largest absolute Gasteiger partial charge is 0.396 e. The lowest BCUT2D eigenvalue weighted by Crippen LogP contribution is -2.28. The zero-order valence-corrected chi connectivity index (χ0v) is 10.5. The maximum absolute atomic E-state index is 9.13. The van der Waals surface area contributed by atoms with Crippen LogP contribution in [0.25, 0.3) is 0 Å². The van der Waals surface area contributed by atoms with Crippen LogP contribution in [0.1, 0.15) is 47.0 Å². The molecule has 2 aliphatic rings. The molecule has 0 aliphatic heterocycles. The summed E-state index contributed by atoms with van der Waals surface area (Å²) in [6, 6.07) is 0. The van der Waals surface area contributed by atoms with Gasteiger partial charge in [-0.2, -0.15) is 0 Å². The Kier molecular flexibility index (Phi) is 2.50. The van der Waals surface area contributed by atoms with Crippen LogP contribution in [0.2, 0.25) is 0 Å². The summed E-state index contributed by atoms with van der Waals surface area (Å²) in [5.74, 6) is 1.20. The highest BCUT2D eigenvalue weighted by Gasteiger charge is 2.58. The van der Waals surface area contributed by atoms with Gasteiger partial charge >= 0.3 is 0 Å². The summed E-state index contributed by atoms with van der Waals surface area (Å²) in [4.78, 5) is 0. The van der Waals surface area contributed by atoms with Crippen molar-refractivity contribution in [3.8, 4) is 0 Å². The average Bonchev–Trinajstić information content (AvgIpc) is 2.50. The molecule has 2 aliphatic carbocycles. The second-order valence-electron chi connectivity index (χ2n) is 6.35. The molecule has 1 heteroatoms. The van der Waals surface area contributed by atoms with Gasteiger partial charge in [0.05, 0.1) is 0 Å². The Balaban J connectivity index is 2.30. The van der Waals surface area contributed by atoms with E-state index in [9.17, 15) is 0 Å². The zero-order valence-electron chi connectivity index (χ0n) is 10.5. The first-order valence-corrected chi connectivity index (χ1v) is 6.24. The van der Waals surface area contributed by atoms with E-state index < -0.39 is 0 Å². The highest BCUT2D eigenvalue weighted by molar-refractivity contribution is 5.29. The van der Waals surface area contributed by atoms with Crippen LogP contribution in [0.15, 0.2) is 11.6 Å². The molecule has 2 fully saturated rings. The third-order valence-corrected chi connectivity index (χ3v) is 5.38. The van der Waals surface area contributed by atoms with Gasteiger partial charge < -0.3 is 5.11 Å². The highest BCUT2D eigenvalue weighted by atomic mass is 16.3. The maximum Gasteiger partial charge on any atom is 0.0491 e. The minimum absolute atomic E-state index is 0.282. The second kappa shape index (κ2) is 3.35. The molecule has 3 atom stereocenters. The fourth-order valence-electron chi connectivity index (χ4n) is 3.67. The van der Waals surface area contributed by atoms with Crippen molar-refractivity contribution in [2.24, 2.45) is 22.7 Å². The molecule has 2 rings (SSSR count). The molecule has 0 radical (unpaired) electrons. The van der Waals surface area contributed by atoms with E-state index in [0.29, 0.717) is 16.7 Å². The van der Waals surface area contributed by atoms with Crippen molar-refractivity contribution in [1.82, 2.24) is 0 Å². The van der Waals surface area contributed by atoms with Gasteiger partial charge in [-0.05, 0) is 41.9 Å². The molecule has 0 heterocycles. The standard InChI is InChI=1S/C14H24O/c1-10(9-15)7-12-8-11-5-6-14(12,4)13(11,2)3/h7,10-11,15H,5-6,8-9H2,1-4H3/b12-7-. The second-order valence-corrected chi connectivity index (χ2v) is 6.35. The van der Waals surface area contributed by atoms with Crippen LogP contribution in [-0.4, -0.2) is 11.7 Å². The molecule has 15 heavy (non-hydrogen) atoms. The molecule has 1 N–H and O–H groups in total. The molecular weight excluding hydrogens is 184 g/mol. The SMILES string of the molecule is CC(/C=C1/CC2CCC1(C)C2(C)C)CO.